The highest BCUT2D eigenvalue weighted by atomic mass is 32.2. The largest absolute Gasteiger partial charge is 0.460 e. The lowest BCUT2D eigenvalue weighted by Crippen LogP contribution is -2.33. The molecule has 0 atom stereocenters. The molecule has 0 saturated heterocycles. The Morgan fingerprint density at radius 2 is 1.57 bits per heavy atom. The van der Waals surface area contributed by atoms with Crippen molar-refractivity contribution in [3.05, 3.63) is 65.2 Å². The van der Waals surface area contributed by atoms with E-state index in [0.29, 0.717) is 24.2 Å². The molecule has 0 N–H and O–H groups in total. The number of rotatable bonds is 8. The molecule has 2 amide bonds. The van der Waals surface area contributed by atoms with Gasteiger partial charge in [-0.3, -0.25) is 14.5 Å². The summed E-state index contributed by atoms with van der Waals surface area (Å²) in [5, 5.41) is 0. The molecule has 1 aliphatic heterocycles. The maximum absolute atomic E-state index is 12.6. The lowest BCUT2D eigenvalue weighted by Gasteiger charge is -2.18. The Morgan fingerprint density at radius 1 is 0.967 bits per heavy atom. The maximum Gasteiger partial charge on any atom is 0.338 e. The van der Waals surface area contributed by atoms with E-state index in [1.165, 1.54) is 28.6 Å². The minimum absolute atomic E-state index is 0.000924. The highest BCUT2D eigenvalue weighted by Crippen LogP contribution is 2.22. The van der Waals surface area contributed by atoms with Gasteiger partial charge in [-0.1, -0.05) is 32.0 Å². The summed E-state index contributed by atoms with van der Waals surface area (Å²) < 4.78 is 31.7. The van der Waals surface area contributed by atoms with Crippen molar-refractivity contribution in [1.29, 1.82) is 0 Å². The molecular formula is C21H22N2O6S. The third kappa shape index (κ3) is 3.99. The Hall–Kier alpha value is -3.04. The highest BCUT2D eigenvalue weighted by molar-refractivity contribution is 7.89. The van der Waals surface area contributed by atoms with Crippen LogP contribution >= 0.6 is 0 Å². The van der Waals surface area contributed by atoms with Crippen molar-refractivity contribution < 1.29 is 27.5 Å². The first-order valence-electron chi connectivity index (χ1n) is 9.53. The lowest BCUT2D eigenvalue weighted by atomic mass is 10.1. The second kappa shape index (κ2) is 8.76. The molecule has 0 aliphatic carbocycles. The Morgan fingerprint density at radius 3 is 2.13 bits per heavy atom. The number of benzene rings is 2. The zero-order chi connectivity index (χ0) is 21.9. The van der Waals surface area contributed by atoms with E-state index in [9.17, 15) is 22.8 Å². The molecular weight excluding hydrogens is 408 g/mol. The number of carbonyl (C=O) groups is 3. The summed E-state index contributed by atoms with van der Waals surface area (Å²) in [4.78, 5) is 38.0. The minimum Gasteiger partial charge on any atom is -0.460 e. The fourth-order valence-corrected chi connectivity index (χ4v) is 4.76. The lowest BCUT2D eigenvalue weighted by molar-refractivity contribution is 0.0420. The highest BCUT2D eigenvalue weighted by Gasteiger charge is 2.34. The topological polar surface area (TPSA) is 101 Å². The van der Waals surface area contributed by atoms with E-state index in [1.54, 1.807) is 38.1 Å². The molecule has 9 heteroatoms. The van der Waals surface area contributed by atoms with Crippen LogP contribution in [-0.4, -0.2) is 61.6 Å². The first-order valence-corrected chi connectivity index (χ1v) is 11.0. The number of hydrogen-bond acceptors (Lipinski definition) is 6. The van der Waals surface area contributed by atoms with Crippen molar-refractivity contribution in [2.45, 2.75) is 18.7 Å². The molecule has 0 saturated carbocycles. The molecule has 2 aromatic carbocycles. The van der Waals surface area contributed by atoms with Gasteiger partial charge in [0.1, 0.15) is 6.61 Å². The first kappa shape index (κ1) is 21.7. The summed E-state index contributed by atoms with van der Waals surface area (Å²) in [7, 11) is -3.71. The van der Waals surface area contributed by atoms with Crippen molar-refractivity contribution in [2.75, 3.05) is 26.2 Å². The van der Waals surface area contributed by atoms with Crippen LogP contribution in [0.5, 0.6) is 0 Å². The smallest absolute Gasteiger partial charge is 0.338 e. The number of carbonyl (C=O) groups excluding carboxylic acids is 3. The summed E-state index contributed by atoms with van der Waals surface area (Å²) in [6.07, 6.45) is 0. The third-order valence-electron chi connectivity index (χ3n) is 4.84. The van der Waals surface area contributed by atoms with Crippen molar-refractivity contribution in [2.24, 2.45) is 0 Å². The third-order valence-corrected chi connectivity index (χ3v) is 6.89. The van der Waals surface area contributed by atoms with E-state index >= 15 is 0 Å². The molecule has 8 nitrogen and oxygen atoms in total. The Kier molecular flexibility index (Phi) is 6.33. The number of amides is 2. The number of fused-ring (bicyclic) bond motifs is 1. The summed E-state index contributed by atoms with van der Waals surface area (Å²) in [6.45, 7) is 3.81. The van der Waals surface area contributed by atoms with Gasteiger partial charge in [-0.2, -0.15) is 4.31 Å². The van der Waals surface area contributed by atoms with E-state index in [0.717, 1.165) is 4.90 Å². The monoisotopic (exact) mass is 430 g/mol. The molecule has 2 aromatic rings. The van der Waals surface area contributed by atoms with Gasteiger partial charge in [0.25, 0.3) is 11.8 Å². The van der Waals surface area contributed by atoms with E-state index in [4.69, 9.17) is 4.74 Å². The number of esters is 1. The van der Waals surface area contributed by atoms with Crippen LogP contribution in [0.1, 0.15) is 44.9 Å². The molecule has 1 aliphatic rings. The zero-order valence-electron chi connectivity index (χ0n) is 16.7. The number of hydrogen-bond donors (Lipinski definition) is 0. The van der Waals surface area contributed by atoms with Gasteiger partial charge in [-0.05, 0) is 30.3 Å². The van der Waals surface area contributed by atoms with Gasteiger partial charge in [0, 0.05) is 13.1 Å². The van der Waals surface area contributed by atoms with Crippen molar-refractivity contribution in [1.82, 2.24) is 9.21 Å². The molecule has 1 heterocycles. The summed E-state index contributed by atoms with van der Waals surface area (Å²) in [5.41, 5.74) is 0.719. The molecule has 0 spiro atoms. The van der Waals surface area contributed by atoms with E-state index < -0.39 is 27.8 Å². The predicted molar refractivity (Wildman–Crippen MR) is 109 cm³/mol. The van der Waals surface area contributed by atoms with Crippen LogP contribution < -0.4 is 0 Å². The Bertz CT molecular complexity index is 1060. The van der Waals surface area contributed by atoms with Gasteiger partial charge < -0.3 is 4.74 Å². The van der Waals surface area contributed by atoms with Crippen molar-refractivity contribution >= 4 is 27.8 Å². The van der Waals surface area contributed by atoms with Gasteiger partial charge in [-0.25, -0.2) is 13.2 Å². The van der Waals surface area contributed by atoms with Crippen LogP contribution in [0.3, 0.4) is 0 Å². The van der Waals surface area contributed by atoms with Crippen LogP contribution in [0.15, 0.2) is 53.4 Å². The van der Waals surface area contributed by atoms with Crippen LogP contribution in [0.2, 0.25) is 0 Å². The first-order chi connectivity index (χ1) is 14.3. The van der Waals surface area contributed by atoms with Gasteiger partial charge in [0.2, 0.25) is 10.0 Å². The molecule has 30 heavy (non-hydrogen) atoms. The van der Waals surface area contributed by atoms with Crippen LogP contribution in [0.4, 0.5) is 0 Å². The average Bonchev–Trinajstić information content (AvgIpc) is 2.99. The summed E-state index contributed by atoms with van der Waals surface area (Å²) in [6, 6.07) is 12.1. The summed E-state index contributed by atoms with van der Waals surface area (Å²) in [5.74, 6) is -1.60. The van der Waals surface area contributed by atoms with Gasteiger partial charge >= 0.3 is 5.97 Å². The number of imide groups is 1. The SMILES string of the molecule is CCN(CC)S(=O)(=O)c1cccc(C(=O)OCCN2C(=O)c3ccccc3C2=O)c1. The molecule has 0 aromatic heterocycles. The second-order valence-electron chi connectivity index (χ2n) is 6.56. The molecule has 0 bridgehead atoms. The van der Waals surface area contributed by atoms with Crippen LogP contribution in [-0.2, 0) is 14.8 Å². The van der Waals surface area contributed by atoms with E-state index in [1.807, 2.05) is 0 Å². The molecule has 0 fully saturated rings. The average molecular weight is 430 g/mol. The van der Waals surface area contributed by atoms with Crippen LogP contribution in [0.25, 0.3) is 0 Å². The Balaban J connectivity index is 1.65. The van der Waals surface area contributed by atoms with Gasteiger partial charge in [0.05, 0.1) is 28.1 Å². The fourth-order valence-electron chi connectivity index (χ4n) is 3.25. The zero-order valence-corrected chi connectivity index (χ0v) is 17.5. The molecule has 0 radical (unpaired) electrons. The number of sulfonamides is 1. The second-order valence-corrected chi connectivity index (χ2v) is 8.50. The van der Waals surface area contributed by atoms with E-state index in [-0.39, 0.29) is 23.6 Å². The number of nitrogens with zero attached hydrogens (tertiary/aromatic N) is 2. The fraction of sp³-hybridized carbons (Fsp3) is 0.286. The predicted octanol–water partition coefficient (Wildman–Crippen LogP) is 2.17. The standard InChI is InChI=1S/C21H22N2O6S/c1-3-22(4-2)30(27,28)16-9-7-8-15(14-16)21(26)29-13-12-23-19(24)17-10-5-6-11-18(17)20(23)25/h5-11,14H,3-4,12-13H2,1-2H3. The van der Waals surface area contributed by atoms with Crippen molar-refractivity contribution in [3.63, 3.8) is 0 Å². The quantitative estimate of drug-likeness (QED) is 0.470. The normalized spacial score (nSPS) is 13.6. The van der Waals surface area contributed by atoms with Crippen LogP contribution in [0, 0.1) is 0 Å². The molecule has 158 valence electrons. The Labute approximate surface area is 175 Å². The van der Waals surface area contributed by atoms with Gasteiger partial charge in [0.15, 0.2) is 0 Å². The minimum atomic E-state index is -3.71. The molecule has 0 unspecified atom stereocenters. The van der Waals surface area contributed by atoms with Crippen molar-refractivity contribution in [3.8, 4) is 0 Å². The molecule has 3 rings (SSSR count). The number of ether oxygens (including phenoxy) is 1. The maximum atomic E-state index is 12.6. The summed E-state index contributed by atoms with van der Waals surface area (Å²) >= 11 is 0. The van der Waals surface area contributed by atoms with E-state index in [2.05, 4.69) is 0 Å². The van der Waals surface area contributed by atoms with Gasteiger partial charge in [-0.15, -0.1) is 0 Å².